The first-order valence-electron chi connectivity index (χ1n) is 8.57. The smallest absolute Gasteiger partial charge is 0.308 e. The summed E-state index contributed by atoms with van der Waals surface area (Å²) in [4.78, 5) is 12.2. The molecule has 2 aliphatic rings. The van der Waals surface area contributed by atoms with E-state index >= 15 is 0 Å². The molecular formula is C21H19NO4. The summed E-state index contributed by atoms with van der Waals surface area (Å²) in [6.07, 6.45) is 0.894. The van der Waals surface area contributed by atoms with E-state index in [0.29, 0.717) is 23.5 Å². The van der Waals surface area contributed by atoms with E-state index < -0.39 is 5.60 Å². The number of ether oxygens (including phenoxy) is 3. The lowest BCUT2D eigenvalue weighted by Crippen LogP contribution is -2.40. The average Bonchev–Trinajstić information content (AvgIpc) is 3.04. The average molecular weight is 349 g/mol. The molecule has 0 radical (unpaired) electrons. The molecular weight excluding hydrogens is 330 g/mol. The second kappa shape index (κ2) is 6.06. The predicted molar refractivity (Wildman–Crippen MR) is 93.9 cm³/mol. The topological polar surface area (TPSA) is 68.6 Å². The van der Waals surface area contributed by atoms with E-state index in [1.165, 1.54) is 0 Å². The lowest BCUT2D eigenvalue weighted by atomic mass is 9.64. The summed E-state index contributed by atoms with van der Waals surface area (Å²) in [6.45, 7) is 0. The summed E-state index contributed by atoms with van der Waals surface area (Å²) in [6, 6.07) is 15.9. The zero-order valence-corrected chi connectivity index (χ0v) is 14.7. The number of hydrogen-bond donors (Lipinski definition) is 0. The van der Waals surface area contributed by atoms with Gasteiger partial charge in [0.05, 0.1) is 20.6 Å². The van der Waals surface area contributed by atoms with Crippen molar-refractivity contribution in [1.29, 1.82) is 5.26 Å². The van der Waals surface area contributed by atoms with Crippen molar-refractivity contribution in [2.24, 2.45) is 5.92 Å². The van der Waals surface area contributed by atoms with Crippen molar-refractivity contribution >= 4 is 5.97 Å². The standard InChI is InChI=1S/C21H19NO4/c1-24-18-9-8-16-15(20(18)25-2)10-14(13-6-4-3-5-7-13)17-11-19(23)26-21(16,17)12-22/h3-9,14,17H,10-11H2,1-2H3. The van der Waals surface area contributed by atoms with Gasteiger partial charge in [-0.25, -0.2) is 0 Å². The van der Waals surface area contributed by atoms with Gasteiger partial charge < -0.3 is 14.2 Å². The fourth-order valence-corrected chi connectivity index (χ4v) is 4.42. The highest BCUT2D eigenvalue weighted by Crippen LogP contribution is 2.56. The quantitative estimate of drug-likeness (QED) is 0.795. The number of carbonyl (C=O) groups is 1. The molecule has 3 atom stereocenters. The van der Waals surface area contributed by atoms with Crippen LogP contribution in [0.25, 0.3) is 0 Å². The van der Waals surface area contributed by atoms with Crippen molar-refractivity contribution in [3.8, 4) is 17.6 Å². The zero-order valence-electron chi connectivity index (χ0n) is 14.7. The minimum Gasteiger partial charge on any atom is -0.493 e. The van der Waals surface area contributed by atoms with Crippen molar-refractivity contribution in [2.45, 2.75) is 24.4 Å². The SMILES string of the molecule is COc1ccc2c(c1OC)CC(c1ccccc1)C1CC(=O)OC21C#N. The van der Waals surface area contributed by atoms with Crippen LogP contribution >= 0.6 is 0 Å². The number of carbonyl (C=O) groups excluding carboxylic acids is 1. The molecule has 2 aromatic carbocycles. The number of esters is 1. The van der Waals surface area contributed by atoms with E-state index in [1.54, 1.807) is 20.3 Å². The first-order valence-corrected chi connectivity index (χ1v) is 8.57. The van der Waals surface area contributed by atoms with Crippen LogP contribution < -0.4 is 9.47 Å². The molecule has 26 heavy (non-hydrogen) atoms. The molecule has 0 bridgehead atoms. The number of nitriles is 1. The van der Waals surface area contributed by atoms with E-state index in [-0.39, 0.29) is 24.2 Å². The molecule has 1 aliphatic carbocycles. The Labute approximate surface area is 152 Å². The van der Waals surface area contributed by atoms with Gasteiger partial charge in [-0.2, -0.15) is 5.26 Å². The number of benzene rings is 2. The molecule has 5 heteroatoms. The summed E-state index contributed by atoms with van der Waals surface area (Å²) >= 11 is 0. The molecule has 0 saturated carbocycles. The highest BCUT2D eigenvalue weighted by atomic mass is 16.6. The first kappa shape index (κ1) is 16.5. The molecule has 1 fully saturated rings. The van der Waals surface area contributed by atoms with E-state index in [4.69, 9.17) is 14.2 Å². The van der Waals surface area contributed by atoms with Gasteiger partial charge in [0.1, 0.15) is 6.07 Å². The molecule has 0 amide bonds. The molecule has 2 aromatic rings. The van der Waals surface area contributed by atoms with Gasteiger partial charge in [0, 0.05) is 17.0 Å². The molecule has 3 unspecified atom stereocenters. The van der Waals surface area contributed by atoms with Crippen molar-refractivity contribution in [1.82, 2.24) is 0 Å². The maximum Gasteiger partial charge on any atom is 0.308 e. The Balaban J connectivity index is 1.97. The Morgan fingerprint density at radius 1 is 1.12 bits per heavy atom. The van der Waals surface area contributed by atoms with Gasteiger partial charge in [0.15, 0.2) is 11.5 Å². The molecule has 0 spiro atoms. The largest absolute Gasteiger partial charge is 0.493 e. The Bertz CT molecular complexity index is 902. The van der Waals surface area contributed by atoms with Crippen LogP contribution in [0.1, 0.15) is 29.0 Å². The van der Waals surface area contributed by atoms with Crippen LogP contribution in [0.5, 0.6) is 11.5 Å². The second-order valence-corrected chi connectivity index (χ2v) is 6.68. The van der Waals surface area contributed by atoms with Gasteiger partial charge in [0.25, 0.3) is 0 Å². The Morgan fingerprint density at radius 2 is 1.88 bits per heavy atom. The summed E-state index contributed by atoms with van der Waals surface area (Å²) in [5.74, 6) is 0.625. The Hall–Kier alpha value is -3.00. The summed E-state index contributed by atoms with van der Waals surface area (Å²) in [7, 11) is 3.17. The monoisotopic (exact) mass is 349 g/mol. The van der Waals surface area contributed by atoms with Gasteiger partial charge in [-0.05, 0) is 30.0 Å². The lowest BCUT2D eigenvalue weighted by Gasteiger charge is -2.39. The maximum absolute atomic E-state index is 12.2. The highest BCUT2D eigenvalue weighted by molar-refractivity contribution is 5.76. The first-order chi connectivity index (χ1) is 12.6. The Morgan fingerprint density at radius 3 is 2.54 bits per heavy atom. The molecule has 1 saturated heterocycles. The van der Waals surface area contributed by atoms with Gasteiger partial charge >= 0.3 is 5.97 Å². The van der Waals surface area contributed by atoms with Crippen molar-refractivity contribution in [2.75, 3.05) is 14.2 Å². The van der Waals surface area contributed by atoms with Crippen LogP contribution in [0.3, 0.4) is 0 Å². The van der Waals surface area contributed by atoms with Crippen LogP contribution in [0.2, 0.25) is 0 Å². The van der Waals surface area contributed by atoms with Crippen molar-refractivity contribution in [3.63, 3.8) is 0 Å². The molecule has 0 N–H and O–H groups in total. The lowest BCUT2D eigenvalue weighted by molar-refractivity contribution is -0.146. The third-order valence-corrected chi connectivity index (χ3v) is 5.54. The molecule has 0 aromatic heterocycles. The van der Waals surface area contributed by atoms with Gasteiger partial charge in [0.2, 0.25) is 5.60 Å². The van der Waals surface area contributed by atoms with Gasteiger partial charge in [-0.1, -0.05) is 30.3 Å². The van der Waals surface area contributed by atoms with E-state index in [2.05, 4.69) is 6.07 Å². The van der Waals surface area contributed by atoms with E-state index in [0.717, 1.165) is 11.1 Å². The number of hydrogen-bond acceptors (Lipinski definition) is 5. The third-order valence-electron chi connectivity index (χ3n) is 5.54. The van der Waals surface area contributed by atoms with Crippen LogP contribution in [0.4, 0.5) is 0 Å². The summed E-state index contributed by atoms with van der Waals surface area (Å²) in [5.41, 5.74) is 1.38. The molecule has 132 valence electrons. The predicted octanol–water partition coefficient (Wildman–Crippen LogP) is 3.33. The fourth-order valence-electron chi connectivity index (χ4n) is 4.42. The summed E-state index contributed by atoms with van der Waals surface area (Å²) < 4.78 is 16.7. The molecule has 4 rings (SSSR count). The fraction of sp³-hybridized carbons (Fsp3) is 0.333. The van der Waals surface area contributed by atoms with E-state index in [9.17, 15) is 10.1 Å². The number of methoxy groups -OCH3 is 2. The minimum atomic E-state index is -1.29. The molecule has 1 heterocycles. The zero-order chi connectivity index (χ0) is 18.3. The second-order valence-electron chi connectivity index (χ2n) is 6.68. The van der Waals surface area contributed by atoms with Crippen molar-refractivity contribution in [3.05, 3.63) is 59.2 Å². The minimum absolute atomic E-state index is 0.0178. The molecule has 1 aliphatic heterocycles. The number of nitrogens with zero attached hydrogens (tertiary/aromatic N) is 1. The summed E-state index contributed by atoms with van der Waals surface area (Å²) in [5, 5.41) is 10.1. The maximum atomic E-state index is 12.2. The van der Waals surface area contributed by atoms with Crippen LogP contribution in [0.15, 0.2) is 42.5 Å². The number of rotatable bonds is 3. The van der Waals surface area contributed by atoms with Crippen LogP contribution in [-0.4, -0.2) is 20.2 Å². The normalized spacial score (nSPS) is 26.3. The third kappa shape index (κ3) is 2.19. The Kier molecular flexibility index (Phi) is 3.84. The van der Waals surface area contributed by atoms with E-state index in [1.807, 2.05) is 36.4 Å². The molecule has 5 nitrogen and oxygen atoms in total. The number of fused-ring (bicyclic) bond motifs is 3. The van der Waals surface area contributed by atoms with Gasteiger partial charge in [-0.3, -0.25) is 4.79 Å². The van der Waals surface area contributed by atoms with Crippen LogP contribution in [-0.2, 0) is 21.6 Å². The highest BCUT2D eigenvalue weighted by Gasteiger charge is 2.58. The van der Waals surface area contributed by atoms with Crippen LogP contribution in [0, 0.1) is 17.2 Å². The van der Waals surface area contributed by atoms with Gasteiger partial charge in [-0.15, -0.1) is 0 Å². The van der Waals surface area contributed by atoms with Crippen molar-refractivity contribution < 1.29 is 19.0 Å².